The zero-order valence-electron chi connectivity index (χ0n) is 12.0. The molecule has 4 nitrogen and oxygen atoms in total. The van der Waals surface area contributed by atoms with Gasteiger partial charge in [0.15, 0.2) is 0 Å². The van der Waals surface area contributed by atoms with E-state index in [1.54, 1.807) is 0 Å². The van der Waals surface area contributed by atoms with Crippen molar-refractivity contribution in [1.29, 1.82) is 0 Å². The van der Waals surface area contributed by atoms with Crippen LogP contribution in [0.1, 0.15) is 40.0 Å². The highest BCUT2D eigenvalue weighted by Gasteiger charge is 2.37. The average molecular weight is 253 g/mol. The number of rotatable bonds is 3. The number of carbonyl (C=O) groups is 1. The molecular formula is C14H27N3O. The largest absolute Gasteiger partial charge is 0.353 e. The molecule has 0 saturated carbocycles. The third-order valence-electron chi connectivity index (χ3n) is 4.51. The van der Waals surface area contributed by atoms with Crippen LogP contribution in [0.4, 0.5) is 0 Å². The number of likely N-dealkylation sites (tertiary alicyclic amines) is 1. The van der Waals surface area contributed by atoms with Crippen LogP contribution in [0.2, 0.25) is 0 Å². The molecule has 1 unspecified atom stereocenters. The van der Waals surface area contributed by atoms with Crippen LogP contribution >= 0.6 is 0 Å². The molecule has 0 aromatic rings. The fraction of sp³-hybridized carbons (Fsp3) is 0.929. The Bertz CT molecular complexity index is 289. The van der Waals surface area contributed by atoms with Crippen LogP contribution in [-0.4, -0.2) is 49.1 Å². The van der Waals surface area contributed by atoms with Gasteiger partial charge in [0, 0.05) is 31.7 Å². The number of piperidine rings is 1. The van der Waals surface area contributed by atoms with Gasteiger partial charge in [-0.15, -0.1) is 0 Å². The van der Waals surface area contributed by atoms with E-state index in [-0.39, 0.29) is 11.3 Å². The van der Waals surface area contributed by atoms with Gasteiger partial charge in [-0.05, 0) is 46.6 Å². The van der Waals surface area contributed by atoms with Crippen molar-refractivity contribution in [3.63, 3.8) is 0 Å². The van der Waals surface area contributed by atoms with Crippen molar-refractivity contribution in [2.45, 2.75) is 52.1 Å². The molecule has 4 heteroatoms. The van der Waals surface area contributed by atoms with E-state index in [0.29, 0.717) is 12.1 Å². The Balaban J connectivity index is 1.79. The van der Waals surface area contributed by atoms with Gasteiger partial charge in [0.2, 0.25) is 5.91 Å². The van der Waals surface area contributed by atoms with Crippen LogP contribution in [0.3, 0.4) is 0 Å². The van der Waals surface area contributed by atoms with Crippen molar-refractivity contribution >= 4 is 5.91 Å². The molecule has 2 N–H and O–H groups in total. The first kappa shape index (κ1) is 13.8. The van der Waals surface area contributed by atoms with Crippen molar-refractivity contribution in [3.8, 4) is 0 Å². The highest BCUT2D eigenvalue weighted by atomic mass is 16.2. The van der Waals surface area contributed by atoms with E-state index in [1.165, 1.54) is 0 Å². The number of carbonyl (C=O) groups excluding carboxylic acids is 1. The van der Waals surface area contributed by atoms with Crippen LogP contribution in [0.15, 0.2) is 0 Å². The van der Waals surface area contributed by atoms with Crippen LogP contribution in [0.5, 0.6) is 0 Å². The van der Waals surface area contributed by atoms with E-state index in [2.05, 4.69) is 36.3 Å². The molecular weight excluding hydrogens is 226 g/mol. The Kier molecular flexibility index (Phi) is 4.28. The van der Waals surface area contributed by atoms with E-state index < -0.39 is 0 Å². The fourth-order valence-electron chi connectivity index (χ4n) is 2.93. The first-order chi connectivity index (χ1) is 8.51. The molecule has 0 aromatic carbocycles. The summed E-state index contributed by atoms with van der Waals surface area (Å²) in [6.07, 6.45) is 3.14. The van der Waals surface area contributed by atoms with Gasteiger partial charge in [-0.2, -0.15) is 0 Å². The summed E-state index contributed by atoms with van der Waals surface area (Å²) in [4.78, 5) is 14.8. The molecule has 2 heterocycles. The average Bonchev–Trinajstić information content (AvgIpc) is 2.78. The molecule has 104 valence electrons. The number of nitrogens with zero attached hydrogens (tertiary/aromatic N) is 1. The minimum absolute atomic E-state index is 0.185. The molecule has 18 heavy (non-hydrogen) atoms. The first-order valence-corrected chi connectivity index (χ1v) is 7.27. The molecule has 0 aromatic heterocycles. The van der Waals surface area contributed by atoms with Gasteiger partial charge in [-0.25, -0.2) is 0 Å². The lowest BCUT2D eigenvalue weighted by atomic mass is 9.88. The summed E-state index contributed by atoms with van der Waals surface area (Å²) in [6.45, 7) is 10.6. The van der Waals surface area contributed by atoms with Gasteiger partial charge in [0.05, 0.1) is 5.41 Å². The fourth-order valence-corrected chi connectivity index (χ4v) is 2.93. The smallest absolute Gasteiger partial charge is 0.227 e. The minimum atomic E-state index is -0.185. The Morgan fingerprint density at radius 3 is 2.56 bits per heavy atom. The Hall–Kier alpha value is -0.610. The maximum atomic E-state index is 12.3. The summed E-state index contributed by atoms with van der Waals surface area (Å²) in [6, 6.07) is 1.00. The predicted molar refractivity (Wildman–Crippen MR) is 73.5 cm³/mol. The standard InChI is InChI=1S/C14H27N3O/c1-11(2)17-8-4-12(5-9-17)16-13(18)14(3)6-7-15-10-14/h11-12,15H,4-10H2,1-3H3,(H,16,18). The lowest BCUT2D eigenvalue weighted by Gasteiger charge is -2.36. The number of hydrogen-bond donors (Lipinski definition) is 2. The van der Waals surface area contributed by atoms with Crippen LogP contribution in [0.25, 0.3) is 0 Å². The topological polar surface area (TPSA) is 44.4 Å². The molecule has 2 saturated heterocycles. The van der Waals surface area contributed by atoms with Crippen LogP contribution in [0, 0.1) is 5.41 Å². The summed E-state index contributed by atoms with van der Waals surface area (Å²) >= 11 is 0. The molecule has 2 rings (SSSR count). The van der Waals surface area contributed by atoms with E-state index in [9.17, 15) is 4.79 Å². The first-order valence-electron chi connectivity index (χ1n) is 7.27. The normalized spacial score (nSPS) is 30.9. The molecule has 2 aliphatic heterocycles. The summed E-state index contributed by atoms with van der Waals surface area (Å²) in [5, 5.41) is 6.54. The lowest BCUT2D eigenvalue weighted by Crippen LogP contribution is -2.50. The van der Waals surface area contributed by atoms with E-state index in [1.807, 2.05) is 0 Å². The molecule has 0 radical (unpaired) electrons. The molecule has 1 atom stereocenters. The predicted octanol–water partition coefficient (Wildman–Crippen LogP) is 0.975. The van der Waals surface area contributed by atoms with Crippen molar-refractivity contribution in [2.24, 2.45) is 5.41 Å². The highest BCUT2D eigenvalue weighted by molar-refractivity contribution is 5.83. The maximum absolute atomic E-state index is 12.3. The third kappa shape index (κ3) is 3.04. The Morgan fingerprint density at radius 1 is 1.39 bits per heavy atom. The van der Waals surface area contributed by atoms with Crippen molar-refractivity contribution < 1.29 is 4.79 Å². The van der Waals surface area contributed by atoms with Gasteiger partial charge in [-0.3, -0.25) is 4.79 Å². The summed E-state index contributed by atoms with van der Waals surface area (Å²) in [5.41, 5.74) is -0.185. The molecule has 0 bridgehead atoms. The van der Waals surface area contributed by atoms with Gasteiger partial charge in [0.25, 0.3) is 0 Å². The van der Waals surface area contributed by atoms with Gasteiger partial charge in [0.1, 0.15) is 0 Å². The number of nitrogens with one attached hydrogen (secondary N) is 2. The monoisotopic (exact) mass is 253 g/mol. The maximum Gasteiger partial charge on any atom is 0.227 e. The molecule has 1 amide bonds. The molecule has 2 fully saturated rings. The molecule has 0 aliphatic carbocycles. The van der Waals surface area contributed by atoms with Crippen molar-refractivity contribution in [1.82, 2.24) is 15.5 Å². The summed E-state index contributed by atoms with van der Waals surface area (Å²) in [7, 11) is 0. The van der Waals surface area contributed by atoms with Gasteiger partial charge < -0.3 is 15.5 Å². The van der Waals surface area contributed by atoms with Crippen molar-refractivity contribution in [2.75, 3.05) is 26.2 Å². The van der Waals surface area contributed by atoms with Crippen molar-refractivity contribution in [3.05, 3.63) is 0 Å². The lowest BCUT2D eigenvalue weighted by molar-refractivity contribution is -0.130. The highest BCUT2D eigenvalue weighted by Crippen LogP contribution is 2.25. The Morgan fingerprint density at radius 2 is 2.06 bits per heavy atom. The van der Waals surface area contributed by atoms with E-state index >= 15 is 0 Å². The molecule has 0 spiro atoms. The SMILES string of the molecule is CC(C)N1CCC(NC(=O)C2(C)CCNC2)CC1. The number of hydrogen-bond acceptors (Lipinski definition) is 3. The zero-order chi connectivity index (χ0) is 13.2. The van der Waals surface area contributed by atoms with E-state index in [0.717, 1.165) is 45.4 Å². The molecule has 2 aliphatic rings. The Labute approximate surface area is 110 Å². The second kappa shape index (κ2) is 5.57. The summed E-state index contributed by atoms with van der Waals surface area (Å²) < 4.78 is 0. The van der Waals surface area contributed by atoms with Crippen LogP contribution in [-0.2, 0) is 4.79 Å². The zero-order valence-corrected chi connectivity index (χ0v) is 12.0. The van der Waals surface area contributed by atoms with E-state index in [4.69, 9.17) is 0 Å². The summed E-state index contributed by atoms with van der Waals surface area (Å²) in [5.74, 6) is 0.246. The van der Waals surface area contributed by atoms with Gasteiger partial charge >= 0.3 is 0 Å². The second-order valence-corrected chi connectivity index (χ2v) is 6.36. The van der Waals surface area contributed by atoms with Gasteiger partial charge in [-0.1, -0.05) is 0 Å². The second-order valence-electron chi connectivity index (χ2n) is 6.36. The number of amides is 1. The quantitative estimate of drug-likeness (QED) is 0.788. The van der Waals surface area contributed by atoms with Crippen LogP contribution < -0.4 is 10.6 Å². The minimum Gasteiger partial charge on any atom is -0.353 e. The third-order valence-corrected chi connectivity index (χ3v) is 4.51.